The van der Waals surface area contributed by atoms with Gasteiger partial charge in [-0.2, -0.15) is 5.10 Å². The maximum atomic E-state index is 4.46. The summed E-state index contributed by atoms with van der Waals surface area (Å²) in [6, 6.07) is 20.4. The van der Waals surface area contributed by atoms with Gasteiger partial charge in [-0.15, -0.1) is 0 Å². The summed E-state index contributed by atoms with van der Waals surface area (Å²) in [5.74, 6) is 0. The number of hydrogen-bond acceptors (Lipinski definition) is 3. The van der Waals surface area contributed by atoms with Gasteiger partial charge in [-0.1, -0.05) is 48.5 Å². The van der Waals surface area contributed by atoms with Gasteiger partial charge in [-0.3, -0.25) is 9.67 Å². The maximum absolute atomic E-state index is 4.46. The number of pyridine rings is 1. The molecule has 0 aliphatic carbocycles. The minimum atomic E-state index is 0.760. The van der Waals surface area contributed by atoms with Crippen molar-refractivity contribution in [1.29, 1.82) is 0 Å². The Morgan fingerprint density at radius 1 is 0.913 bits per heavy atom. The molecule has 0 aliphatic rings. The Balaban J connectivity index is 1.57. The Morgan fingerprint density at radius 3 is 2.70 bits per heavy atom. The van der Waals surface area contributed by atoms with Gasteiger partial charge in [-0.25, -0.2) is 0 Å². The van der Waals surface area contributed by atoms with Crippen molar-refractivity contribution < 1.29 is 0 Å². The number of rotatable bonds is 4. The summed E-state index contributed by atoms with van der Waals surface area (Å²) in [6.07, 6.45) is 5.66. The third kappa shape index (κ3) is 2.92. The Kier molecular flexibility index (Phi) is 3.48. The summed E-state index contributed by atoms with van der Waals surface area (Å²) < 4.78 is 1.93. The molecule has 0 radical (unpaired) electrons. The van der Waals surface area contributed by atoms with E-state index in [1.54, 1.807) is 0 Å². The summed E-state index contributed by atoms with van der Waals surface area (Å²) >= 11 is 0. The van der Waals surface area contributed by atoms with E-state index in [1.165, 1.54) is 5.56 Å². The largest absolute Gasteiger partial charge is 0.351 e. The van der Waals surface area contributed by atoms with E-state index >= 15 is 0 Å². The second kappa shape index (κ2) is 5.93. The van der Waals surface area contributed by atoms with Crippen LogP contribution in [0.4, 0.5) is 11.4 Å². The highest BCUT2D eigenvalue weighted by atomic mass is 15.3. The standard InChI is InChI=1S/C19H16N4/c1-2-6-15(7-3-1)13-23-14-17(12-21-23)22-18-10-4-8-16-9-5-11-20-19(16)18/h1-12,14,22H,13H2. The first-order chi connectivity index (χ1) is 11.4. The van der Waals surface area contributed by atoms with Crippen molar-refractivity contribution in [2.45, 2.75) is 6.54 Å². The first-order valence-corrected chi connectivity index (χ1v) is 7.56. The average molecular weight is 300 g/mol. The minimum Gasteiger partial charge on any atom is -0.351 e. The van der Waals surface area contributed by atoms with Crippen LogP contribution in [0.3, 0.4) is 0 Å². The number of fused-ring (bicyclic) bond motifs is 1. The Bertz CT molecular complexity index is 923. The maximum Gasteiger partial charge on any atom is 0.0936 e. The predicted molar refractivity (Wildman–Crippen MR) is 92.8 cm³/mol. The van der Waals surface area contributed by atoms with E-state index in [1.807, 2.05) is 59.7 Å². The second-order valence-corrected chi connectivity index (χ2v) is 5.42. The van der Waals surface area contributed by atoms with Crippen LogP contribution in [-0.2, 0) is 6.54 Å². The van der Waals surface area contributed by atoms with E-state index in [4.69, 9.17) is 0 Å². The molecule has 0 atom stereocenters. The number of hydrogen-bond donors (Lipinski definition) is 1. The summed E-state index contributed by atoms with van der Waals surface area (Å²) in [5.41, 5.74) is 4.14. The smallest absolute Gasteiger partial charge is 0.0936 e. The van der Waals surface area contributed by atoms with Crippen molar-refractivity contribution >= 4 is 22.3 Å². The van der Waals surface area contributed by atoms with Gasteiger partial charge < -0.3 is 5.32 Å². The minimum absolute atomic E-state index is 0.760. The first-order valence-electron chi connectivity index (χ1n) is 7.56. The molecule has 0 fully saturated rings. The van der Waals surface area contributed by atoms with Crippen LogP contribution in [0.15, 0.2) is 79.3 Å². The highest BCUT2D eigenvalue weighted by molar-refractivity contribution is 5.91. The fraction of sp³-hybridized carbons (Fsp3) is 0.0526. The summed E-state index contributed by atoms with van der Waals surface area (Å²) in [6.45, 7) is 0.760. The van der Waals surface area contributed by atoms with E-state index < -0.39 is 0 Å². The van der Waals surface area contributed by atoms with Crippen molar-refractivity contribution in [3.05, 3.63) is 84.8 Å². The van der Waals surface area contributed by atoms with Gasteiger partial charge in [0, 0.05) is 17.8 Å². The molecule has 0 spiro atoms. The molecule has 23 heavy (non-hydrogen) atoms. The Morgan fingerprint density at radius 2 is 1.78 bits per heavy atom. The summed E-state index contributed by atoms with van der Waals surface area (Å²) in [4.78, 5) is 4.46. The molecule has 0 saturated heterocycles. The van der Waals surface area contributed by atoms with E-state index in [2.05, 4.69) is 39.7 Å². The molecule has 4 aromatic rings. The first kappa shape index (κ1) is 13.5. The highest BCUT2D eigenvalue weighted by Crippen LogP contribution is 2.24. The molecule has 2 heterocycles. The number of para-hydroxylation sites is 1. The van der Waals surface area contributed by atoms with E-state index in [0.717, 1.165) is 28.8 Å². The monoisotopic (exact) mass is 300 g/mol. The van der Waals surface area contributed by atoms with Gasteiger partial charge in [0.2, 0.25) is 0 Å². The molecule has 0 saturated carbocycles. The Hall–Kier alpha value is -3.14. The van der Waals surface area contributed by atoms with E-state index in [0.29, 0.717) is 0 Å². The molecule has 2 aromatic carbocycles. The second-order valence-electron chi connectivity index (χ2n) is 5.42. The fourth-order valence-corrected chi connectivity index (χ4v) is 2.65. The zero-order valence-electron chi connectivity index (χ0n) is 12.6. The zero-order chi connectivity index (χ0) is 15.5. The molecule has 0 bridgehead atoms. The molecule has 4 nitrogen and oxygen atoms in total. The molecule has 112 valence electrons. The number of aromatic nitrogens is 3. The predicted octanol–water partition coefficient (Wildman–Crippen LogP) is 4.22. The van der Waals surface area contributed by atoms with Crippen LogP contribution in [0, 0.1) is 0 Å². The van der Waals surface area contributed by atoms with Crippen molar-refractivity contribution in [3.8, 4) is 0 Å². The molecule has 0 aliphatic heterocycles. The lowest BCUT2D eigenvalue weighted by Gasteiger charge is -2.06. The van der Waals surface area contributed by atoms with E-state index in [9.17, 15) is 0 Å². The van der Waals surface area contributed by atoms with Crippen molar-refractivity contribution in [1.82, 2.24) is 14.8 Å². The average Bonchev–Trinajstić information content (AvgIpc) is 3.03. The van der Waals surface area contributed by atoms with Crippen molar-refractivity contribution in [2.24, 2.45) is 0 Å². The van der Waals surface area contributed by atoms with Gasteiger partial charge in [0.25, 0.3) is 0 Å². The molecule has 4 heteroatoms. The van der Waals surface area contributed by atoms with E-state index in [-0.39, 0.29) is 0 Å². The topological polar surface area (TPSA) is 42.7 Å². The lowest BCUT2D eigenvalue weighted by atomic mass is 10.2. The van der Waals surface area contributed by atoms with Gasteiger partial charge in [0.15, 0.2) is 0 Å². The normalized spacial score (nSPS) is 10.8. The molecular weight excluding hydrogens is 284 g/mol. The molecule has 1 N–H and O–H groups in total. The third-order valence-corrected chi connectivity index (χ3v) is 3.73. The quantitative estimate of drug-likeness (QED) is 0.613. The van der Waals surface area contributed by atoms with Crippen LogP contribution in [-0.4, -0.2) is 14.8 Å². The number of nitrogens with zero attached hydrogens (tertiary/aromatic N) is 3. The van der Waals surface area contributed by atoms with Gasteiger partial charge in [0.05, 0.1) is 29.6 Å². The summed E-state index contributed by atoms with van der Waals surface area (Å²) in [7, 11) is 0. The Labute approximate surface area is 134 Å². The number of nitrogens with one attached hydrogen (secondary N) is 1. The van der Waals surface area contributed by atoms with Crippen LogP contribution in [0.1, 0.15) is 5.56 Å². The van der Waals surface area contributed by atoms with Crippen LogP contribution in [0.5, 0.6) is 0 Å². The van der Waals surface area contributed by atoms with Gasteiger partial charge in [0.1, 0.15) is 0 Å². The molecule has 2 aromatic heterocycles. The number of benzene rings is 2. The lowest BCUT2D eigenvalue weighted by Crippen LogP contribution is -1.99. The van der Waals surface area contributed by atoms with Crippen LogP contribution in [0.25, 0.3) is 10.9 Å². The summed E-state index contributed by atoms with van der Waals surface area (Å²) in [5, 5.41) is 8.95. The van der Waals surface area contributed by atoms with Crippen molar-refractivity contribution in [2.75, 3.05) is 5.32 Å². The van der Waals surface area contributed by atoms with Gasteiger partial charge >= 0.3 is 0 Å². The fourth-order valence-electron chi connectivity index (χ4n) is 2.65. The molecule has 0 unspecified atom stereocenters. The van der Waals surface area contributed by atoms with Crippen LogP contribution in [0.2, 0.25) is 0 Å². The van der Waals surface area contributed by atoms with Gasteiger partial charge in [-0.05, 0) is 17.7 Å². The third-order valence-electron chi connectivity index (χ3n) is 3.73. The molecule has 4 rings (SSSR count). The highest BCUT2D eigenvalue weighted by Gasteiger charge is 2.04. The zero-order valence-corrected chi connectivity index (χ0v) is 12.6. The lowest BCUT2D eigenvalue weighted by molar-refractivity contribution is 0.687. The van der Waals surface area contributed by atoms with Crippen LogP contribution < -0.4 is 5.32 Å². The molecule has 0 amide bonds. The SMILES string of the molecule is c1ccc(Cn2cc(Nc3cccc4cccnc34)cn2)cc1. The molecular formula is C19H16N4. The van der Waals surface area contributed by atoms with Crippen molar-refractivity contribution in [3.63, 3.8) is 0 Å². The van der Waals surface area contributed by atoms with Crippen LogP contribution >= 0.6 is 0 Å². The number of anilines is 2.